The molecule has 0 aromatic heterocycles. The van der Waals surface area contributed by atoms with Gasteiger partial charge in [0.05, 0.1) is 5.60 Å². The van der Waals surface area contributed by atoms with Crippen LogP contribution in [0.5, 0.6) is 5.75 Å². The van der Waals surface area contributed by atoms with Crippen LogP contribution in [-0.2, 0) is 0 Å². The zero-order valence-corrected chi connectivity index (χ0v) is 11.4. The third-order valence-corrected chi connectivity index (χ3v) is 3.32. The van der Waals surface area contributed by atoms with Crippen LogP contribution in [0.2, 0.25) is 0 Å². The second-order valence-electron chi connectivity index (χ2n) is 4.52. The highest BCUT2D eigenvalue weighted by atomic mass is 16.5. The average Bonchev–Trinajstić information content (AvgIpc) is 2.44. The van der Waals surface area contributed by atoms with Crippen LogP contribution in [0.1, 0.15) is 50.4 Å². The smallest absolute Gasteiger partial charge is 0.162 e. The number of benzene rings is 1. The van der Waals surface area contributed by atoms with E-state index in [9.17, 15) is 9.90 Å². The van der Waals surface area contributed by atoms with Gasteiger partial charge in [0.25, 0.3) is 0 Å². The van der Waals surface area contributed by atoms with Gasteiger partial charge in [0.2, 0.25) is 0 Å². The number of carbonyl (C=O) groups excluding carboxylic acids is 1. The molecule has 0 saturated carbocycles. The van der Waals surface area contributed by atoms with Gasteiger partial charge in [-0.2, -0.15) is 0 Å². The second kappa shape index (κ2) is 6.55. The Bertz CT molecular complexity index is 377. The van der Waals surface area contributed by atoms with E-state index in [2.05, 4.69) is 0 Å². The largest absolute Gasteiger partial charge is 0.491 e. The predicted molar refractivity (Wildman–Crippen MR) is 72.1 cm³/mol. The fraction of sp³-hybridized carbons (Fsp3) is 0.533. The van der Waals surface area contributed by atoms with Gasteiger partial charge in [-0.1, -0.05) is 20.8 Å². The molecule has 1 rings (SSSR count). The summed E-state index contributed by atoms with van der Waals surface area (Å²) in [7, 11) is 0. The maximum absolute atomic E-state index is 11.5. The van der Waals surface area contributed by atoms with Gasteiger partial charge in [-0.15, -0.1) is 0 Å². The lowest BCUT2D eigenvalue weighted by Gasteiger charge is -2.25. The number of rotatable bonds is 7. The van der Waals surface area contributed by atoms with E-state index < -0.39 is 5.60 Å². The minimum Gasteiger partial charge on any atom is -0.491 e. The lowest BCUT2D eigenvalue weighted by molar-refractivity contribution is -0.0113. The molecule has 0 spiro atoms. The summed E-state index contributed by atoms with van der Waals surface area (Å²) in [5, 5.41) is 10.1. The molecule has 0 aliphatic heterocycles. The van der Waals surface area contributed by atoms with Crippen LogP contribution in [0.25, 0.3) is 0 Å². The molecule has 0 fully saturated rings. The molecule has 0 bridgehead atoms. The van der Waals surface area contributed by atoms with Crippen molar-refractivity contribution in [3.05, 3.63) is 29.8 Å². The van der Waals surface area contributed by atoms with Crippen molar-refractivity contribution >= 4 is 5.78 Å². The number of carbonyl (C=O) groups is 1. The Hall–Kier alpha value is -1.35. The Kier molecular flexibility index (Phi) is 5.35. The highest BCUT2D eigenvalue weighted by molar-refractivity contribution is 5.95. The van der Waals surface area contributed by atoms with Crippen LogP contribution >= 0.6 is 0 Å². The normalized spacial score (nSPS) is 11.3. The summed E-state index contributed by atoms with van der Waals surface area (Å²) >= 11 is 0. The predicted octanol–water partition coefficient (Wildman–Crippen LogP) is 3.21. The lowest BCUT2D eigenvalue weighted by Crippen LogP contribution is -2.34. The Balaban J connectivity index is 2.62. The Morgan fingerprint density at radius 1 is 1.17 bits per heavy atom. The van der Waals surface area contributed by atoms with Crippen molar-refractivity contribution in [1.29, 1.82) is 0 Å². The van der Waals surface area contributed by atoms with Gasteiger partial charge in [-0.05, 0) is 37.1 Å². The van der Waals surface area contributed by atoms with E-state index in [-0.39, 0.29) is 12.4 Å². The molecular formula is C15H22O3. The highest BCUT2D eigenvalue weighted by Crippen LogP contribution is 2.19. The number of aliphatic hydroxyl groups is 1. The molecule has 0 radical (unpaired) electrons. The van der Waals surface area contributed by atoms with Crippen molar-refractivity contribution in [2.75, 3.05) is 6.61 Å². The van der Waals surface area contributed by atoms with Crippen LogP contribution in [-0.4, -0.2) is 23.1 Å². The van der Waals surface area contributed by atoms with Crippen molar-refractivity contribution in [3.8, 4) is 5.75 Å². The first-order valence-electron chi connectivity index (χ1n) is 6.53. The third kappa shape index (κ3) is 3.84. The molecule has 1 N–H and O–H groups in total. The van der Waals surface area contributed by atoms with E-state index in [1.165, 1.54) is 0 Å². The number of ether oxygens (including phenoxy) is 1. The van der Waals surface area contributed by atoms with Crippen LogP contribution < -0.4 is 4.74 Å². The highest BCUT2D eigenvalue weighted by Gasteiger charge is 2.22. The summed E-state index contributed by atoms with van der Waals surface area (Å²) in [6.45, 7) is 6.00. The second-order valence-corrected chi connectivity index (χ2v) is 4.52. The molecule has 0 amide bonds. The molecule has 0 aliphatic carbocycles. The van der Waals surface area contributed by atoms with Gasteiger partial charge in [-0.3, -0.25) is 4.79 Å². The Labute approximate surface area is 109 Å². The SMILES string of the molecule is CCC(=O)c1ccc(OCC(O)(CC)CC)cc1. The maximum Gasteiger partial charge on any atom is 0.162 e. The molecule has 100 valence electrons. The fourth-order valence-corrected chi connectivity index (χ4v) is 1.61. The maximum atomic E-state index is 11.5. The van der Waals surface area contributed by atoms with E-state index in [1.54, 1.807) is 24.3 Å². The average molecular weight is 250 g/mol. The van der Waals surface area contributed by atoms with Crippen LogP contribution in [0.15, 0.2) is 24.3 Å². The minimum atomic E-state index is -0.766. The van der Waals surface area contributed by atoms with E-state index >= 15 is 0 Å². The van der Waals surface area contributed by atoms with Gasteiger partial charge < -0.3 is 9.84 Å². The quantitative estimate of drug-likeness (QED) is 0.756. The summed E-state index contributed by atoms with van der Waals surface area (Å²) in [4.78, 5) is 11.5. The summed E-state index contributed by atoms with van der Waals surface area (Å²) in [5.74, 6) is 0.808. The Morgan fingerprint density at radius 3 is 2.17 bits per heavy atom. The van der Waals surface area contributed by atoms with E-state index in [0.29, 0.717) is 30.6 Å². The van der Waals surface area contributed by atoms with Gasteiger partial charge in [0.15, 0.2) is 5.78 Å². The van der Waals surface area contributed by atoms with Crippen LogP contribution in [0.4, 0.5) is 0 Å². The van der Waals surface area contributed by atoms with Crippen molar-refractivity contribution < 1.29 is 14.6 Å². The first-order valence-corrected chi connectivity index (χ1v) is 6.53. The fourth-order valence-electron chi connectivity index (χ4n) is 1.61. The van der Waals surface area contributed by atoms with E-state index in [1.807, 2.05) is 20.8 Å². The first-order chi connectivity index (χ1) is 8.54. The molecule has 0 atom stereocenters. The number of Topliss-reactive ketones (excluding diaryl/α,β-unsaturated/α-hetero) is 1. The molecular weight excluding hydrogens is 228 g/mol. The van der Waals surface area contributed by atoms with E-state index in [4.69, 9.17) is 4.74 Å². The monoisotopic (exact) mass is 250 g/mol. The molecule has 0 heterocycles. The topological polar surface area (TPSA) is 46.5 Å². The van der Waals surface area contributed by atoms with E-state index in [0.717, 1.165) is 0 Å². The summed E-state index contributed by atoms with van der Waals surface area (Å²) in [6.07, 6.45) is 1.83. The zero-order valence-electron chi connectivity index (χ0n) is 11.4. The lowest BCUT2D eigenvalue weighted by atomic mass is 9.99. The summed E-state index contributed by atoms with van der Waals surface area (Å²) in [6, 6.07) is 7.07. The van der Waals surface area contributed by atoms with Crippen molar-refractivity contribution in [2.45, 2.75) is 45.6 Å². The minimum absolute atomic E-state index is 0.125. The van der Waals surface area contributed by atoms with Crippen LogP contribution in [0.3, 0.4) is 0 Å². The number of hydrogen-bond acceptors (Lipinski definition) is 3. The molecule has 3 heteroatoms. The van der Waals surface area contributed by atoms with Crippen LogP contribution in [0, 0.1) is 0 Å². The molecule has 0 saturated heterocycles. The van der Waals surface area contributed by atoms with Crippen molar-refractivity contribution in [3.63, 3.8) is 0 Å². The number of ketones is 1. The Morgan fingerprint density at radius 2 is 1.72 bits per heavy atom. The van der Waals surface area contributed by atoms with Gasteiger partial charge in [-0.25, -0.2) is 0 Å². The molecule has 3 nitrogen and oxygen atoms in total. The van der Waals surface area contributed by atoms with Crippen molar-refractivity contribution in [1.82, 2.24) is 0 Å². The van der Waals surface area contributed by atoms with Gasteiger partial charge in [0.1, 0.15) is 12.4 Å². The van der Waals surface area contributed by atoms with Crippen molar-refractivity contribution in [2.24, 2.45) is 0 Å². The molecule has 0 unspecified atom stereocenters. The van der Waals surface area contributed by atoms with Gasteiger partial charge >= 0.3 is 0 Å². The number of hydrogen-bond donors (Lipinski definition) is 1. The summed E-state index contributed by atoms with van der Waals surface area (Å²) in [5.41, 5.74) is -0.0659. The molecule has 18 heavy (non-hydrogen) atoms. The molecule has 1 aromatic rings. The van der Waals surface area contributed by atoms with Gasteiger partial charge in [0, 0.05) is 12.0 Å². The summed E-state index contributed by atoms with van der Waals surface area (Å²) < 4.78 is 5.56. The molecule has 1 aromatic carbocycles. The molecule has 0 aliphatic rings. The third-order valence-electron chi connectivity index (χ3n) is 3.32. The first kappa shape index (κ1) is 14.7. The zero-order chi connectivity index (χ0) is 13.6. The standard InChI is InChI=1S/C15H22O3/c1-4-14(16)12-7-9-13(10-8-12)18-11-15(17,5-2)6-3/h7-10,17H,4-6,11H2,1-3H3.